The van der Waals surface area contributed by atoms with Gasteiger partial charge in [0.2, 0.25) is 0 Å². The molecule has 2 rings (SSSR count). The first-order valence-electron chi connectivity index (χ1n) is 5.60. The van der Waals surface area contributed by atoms with Crippen LogP contribution in [0.25, 0.3) is 0 Å². The van der Waals surface area contributed by atoms with Crippen LogP contribution in [0.1, 0.15) is 29.7 Å². The summed E-state index contributed by atoms with van der Waals surface area (Å²) < 4.78 is 0. The van der Waals surface area contributed by atoms with Gasteiger partial charge in [-0.05, 0) is 30.2 Å². The average molecular weight is 229 g/mol. The van der Waals surface area contributed by atoms with E-state index in [-0.39, 0.29) is 0 Å². The number of hydrogen-bond acceptors (Lipinski definition) is 1. The molecule has 0 spiro atoms. The molecule has 1 unspecified atom stereocenters. The minimum Gasteiger partial charge on any atom is -0.481 e. The van der Waals surface area contributed by atoms with Crippen molar-refractivity contribution >= 4 is 5.97 Å². The third-order valence-corrected chi connectivity index (χ3v) is 2.91. The van der Waals surface area contributed by atoms with E-state index in [2.05, 4.69) is 4.98 Å². The quantitative estimate of drug-likeness (QED) is 0.847. The van der Waals surface area contributed by atoms with E-state index in [0.717, 1.165) is 17.7 Å². The van der Waals surface area contributed by atoms with Crippen molar-refractivity contribution in [2.45, 2.75) is 19.3 Å². The van der Waals surface area contributed by atoms with Crippen LogP contribution in [0.4, 0.5) is 0 Å². The van der Waals surface area contributed by atoms with Crippen LogP contribution in [0.5, 0.6) is 0 Å². The standard InChI is InChI=1S/C14H15NO2/c1-10(14(16)17)12-6-4-11(5-7-12)9-13-3-2-8-15-13/h2-8,10,15H,9H2,1H3,(H,16,17). The molecule has 0 aliphatic rings. The van der Waals surface area contributed by atoms with Crippen LogP contribution >= 0.6 is 0 Å². The molecule has 0 aliphatic carbocycles. The molecule has 0 fully saturated rings. The molecule has 2 aromatic rings. The van der Waals surface area contributed by atoms with Crippen molar-refractivity contribution in [1.82, 2.24) is 4.98 Å². The summed E-state index contributed by atoms with van der Waals surface area (Å²) in [5.74, 6) is -1.24. The Kier molecular flexibility index (Phi) is 3.28. The van der Waals surface area contributed by atoms with Gasteiger partial charge < -0.3 is 10.1 Å². The Balaban J connectivity index is 2.10. The Labute approximate surface area is 100 Å². The van der Waals surface area contributed by atoms with E-state index in [9.17, 15) is 4.79 Å². The fourth-order valence-corrected chi connectivity index (χ4v) is 1.76. The van der Waals surface area contributed by atoms with Gasteiger partial charge in [0.05, 0.1) is 5.92 Å². The van der Waals surface area contributed by atoms with Crippen LogP contribution < -0.4 is 0 Å². The van der Waals surface area contributed by atoms with Gasteiger partial charge in [-0.2, -0.15) is 0 Å². The monoisotopic (exact) mass is 229 g/mol. The molecule has 88 valence electrons. The predicted molar refractivity (Wildman–Crippen MR) is 66.1 cm³/mol. The largest absolute Gasteiger partial charge is 0.481 e. The second-order valence-electron chi connectivity index (χ2n) is 4.17. The van der Waals surface area contributed by atoms with Crippen molar-refractivity contribution in [1.29, 1.82) is 0 Å². The maximum Gasteiger partial charge on any atom is 0.310 e. The van der Waals surface area contributed by atoms with Gasteiger partial charge in [0.15, 0.2) is 0 Å². The lowest BCUT2D eigenvalue weighted by molar-refractivity contribution is -0.138. The van der Waals surface area contributed by atoms with E-state index in [1.165, 1.54) is 5.56 Å². The highest BCUT2D eigenvalue weighted by molar-refractivity contribution is 5.75. The number of nitrogens with one attached hydrogen (secondary N) is 1. The SMILES string of the molecule is CC(C(=O)O)c1ccc(Cc2ccc[nH]2)cc1. The summed E-state index contributed by atoms with van der Waals surface area (Å²) in [7, 11) is 0. The van der Waals surface area contributed by atoms with E-state index in [1.54, 1.807) is 6.92 Å². The summed E-state index contributed by atoms with van der Waals surface area (Å²) in [5.41, 5.74) is 3.17. The number of aromatic nitrogens is 1. The molecule has 0 saturated heterocycles. The summed E-state index contributed by atoms with van der Waals surface area (Å²) in [6, 6.07) is 11.7. The van der Waals surface area contributed by atoms with Gasteiger partial charge in [0, 0.05) is 18.3 Å². The number of carboxylic acids is 1. The average Bonchev–Trinajstić information content (AvgIpc) is 2.82. The van der Waals surface area contributed by atoms with Crippen molar-refractivity contribution in [3.8, 4) is 0 Å². The molecule has 17 heavy (non-hydrogen) atoms. The number of carboxylic acid groups (broad SMARTS) is 1. The van der Waals surface area contributed by atoms with Crippen molar-refractivity contribution in [3.63, 3.8) is 0 Å². The van der Waals surface area contributed by atoms with Gasteiger partial charge in [0.25, 0.3) is 0 Å². The molecular weight excluding hydrogens is 214 g/mol. The van der Waals surface area contributed by atoms with Crippen molar-refractivity contribution in [3.05, 3.63) is 59.4 Å². The van der Waals surface area contributed by atoms with E-state index >= 15 is 0 Å². The number of carbonyl (C=O) groups is 1. The van der Waals surface area contributed by atoms with Gasteiger partial charge in [-0.1, -0.05) is 24.3 Å². The van der Waals surface area contributed by atoms with Crippen LogP contribution in [-0.4, -0.2) is 16.1 Å². The molecule has 0 amide bonds. The van der Waals surface area contributed by atoms with Gasteiger partial charge in [-0.3, -0.25) is 4.79 Å². The zero-order valence-electron chi connectivity index (χ0n) is 9.68. The molecule has 2 N–H and O–H groups in total. The van der Waals surface area contributed by atoms with E-state index in [0.29, 0.717) is 0 Å². The zero-order valence-corrected chi connectivity index (χ0v) is 9.68. The summed E-state index contributed by atoms with van der Waals surface area (Å²) in [6.07, 6.45) is 2.74. The maximum atomic E-state index is 10.8. The van der Waals surface area contributed by atoms with Crippen molar-refractivity contribution in [2.75, 3.05) is 0 Å². The Morgan fingerprint density at radius 2 is 2.00 bits per heavy atom. The Morgan fingerprint density at radius 3 is 2.53 bits per heavy atom. The molecule has 1 aromatic carbocycles. The molecule has 0 saturated carbocycles. The summed E-state index contributed by atoms with van der Waals surface area (Å²) in [5, 5.41) is 8.91. The minimum atomic E-state index is -0.790. The fourth-order valence-electron chi connectivity index (χ4n) is 1.76. The first-order valence-corrected chi connectivity index (χ1v) is 5.60. The highest BCUT2D eigenvalue weighted by Crippen LogP contribution is 2.17. The molecule has 3 nitrogen and oxygen atoms in total. The van der Waals surface area contributed by atoms with E-state index < -0.39 is 11.9 Å². The van der Waals surface area contributed by atoms with Crippen LogP contribution in [0, 0.1) is 0 Å². The maximum absolute atomic E-state index is 10.8. The fraction of sp³-hybridized carbons (Fsp3) is 0.214. The summed E-state index contributed by atoms with van der Waals surface area (Å²) >= 11 is 0. The lowest BCUT2D eigenvalue weighted by Gasteiger charge is -2.07. The highest BCUT2D eigenvalue weighted by Gasteiger charge is 2.12. The Morgan fingerprint density at radius 1 is 1.29 bits per heavy atom. The van der Waals surface area contributed by atoms with Gasteiger partial charge >= 0.3 is 5.97 Å². The third-order valence-electron chi connectivity index (χ3n) is 2.91. The van der Waals surface area contributed by atoms with Gasteiger partial charge in [0.1, 0.15) is 0 Å². The summed E-state index contributed by atoms with van der Waals surface area (Å²) in [6.45, 7) is 1.70. The van der Waals surface area contributed by atoms with Crippen molar-refractivity contribution < 1.29 is 9.90 Å². The van der Waals surface area contributed by atoms with Crippen molar-refractivity contribution in [2.24, 2.45) is 0 Å². The topological polar surface area (TPSA) is 53.1 Å². The number of aliphatic carboxylic acids is 1. The van der Waals surface area contributed by atoms with Gasteiger partial charge in [-0.25, -0.2) is 0 Å². The summed E-state index contributed by atoms with van der Waals surface area (Å²) in [4.78, 5) is 14.0. The van der Waals surface area contributed by atoms with E-state index in [4.69, 9.17) is 5.11 Å². The molecule has 1 heterocycles. The molecule has 1 atom stereocenters. The molecular formula is C14H15NO2. The second kappa shape index (κ2) is 4.87. The predicted octanol–water partition coefficient (Wildman–Crippen LogP) is 2.79. The molecule has 1 aromatic heterocycles. The van der Waals surface area contributed by atoms with Crippen LogP contribution in [0.3, 0.4) is 0 Å². The molecule has 0 bridgehead atoms. The smallest absolute Gasteiger partial charge is 0.310 e. The van der Waals surface area contributed by atoms with Gasteiger partial charge in [-0.15, -0.1) is 0 Å². The minimum absolute atomic E-state index is 0.450. The van der Waals surface area contributed by atoms with E-state index in [1.807, 2.05) is 42.6 Å². The lowest BCUT2D eigenvalue weighted by Crippen LogP contribution is -2.07. The van der Waals surface area contributed by atoms with Crippen LogP contribution in [0.15, 0.2) is 42.6 Å². The lowest BCUT2D eigenvalue weighted by atomic mass is 9.99. The number of hydrogen-bond donors (Lipinski definition) is 2. The number of benzene rings is 1. The third kappa shape index (κ3) is 2.75. The number of H-pyrrole nitrogens is 1. The number of aromatic amines is 1. The van der Waals surface area contributed by atoms with Crippen LogP contribution in [0.2, 0.25) is 0 Å². The normalized spacial score (nSPS) is 12.3. The van der Waals surface area contributed by atoms with Crippen LogP contribution in [-0.2, 0) is 11.2 Å². The zero-order chi connectivity index (χ0) is 12.3. The Bertz CT molecular complexity index is 485. The molecule has 0 aliphatic heterocycles. The highest BCUT2D eigenvalue weighted by atomic mass is 16.4. The first-order chi connectivity index (χ1) is 8.16. The second-order valence-corrected chi connectivity index (χ2v) is 4.17. The molecule has 0 radical (unpaired) electrons. The number of rotatable bonds is 4. The Hall–Kier alpha value is -2.03. The molecule has 3 heteroatoms. The first kappa shape index (κ1) is 11.5.